The molecule has 0 spiro atoms. The Morgan fingerprint density at radius 3 is 2.71 bits per heavy atom. The second-order valence-electron chi connectivity index (χ2n) is 5.23. The first-order valence-electron chi connectivity index (χ1n) is 6.62. The topological polar surface area (TPSA) is 47.1 Å². The summed E-state index contributed by atoms with van der Waals surface area (Å²) in [6, 6.07) is 0.559. The van der Waals surface area contributed by atoms with Crippen LogP contribution in [-0.2, 0) is 6.54 Å². The van der Waals surface area contributed by atoms with Gasteiger partial charge in [-0.25, -0.2) is 4.68 Å². The maximum absolute atomic E-state index is 6.17. The van der Waals surface area contributed by atoms with Gasteiger partial charge in [-0.3, -0.25) is 0 Å². The molecule has 1 unspecified atom stereocenters. The molecule has 2 N–H and O–H groups in total. The maximum atomic E-state index is 6.17. The molecule has 1 aromatic rings. The second-order valence-corrected chi connectivity index (χ2v) is 5.23. The Morgan fingerprint density at radius 2 is 2.18 bits per heavy atom. The summed E-state index contributed by atoms with van der Waals surface area (Å²) in [5, 5.41) is 4.53. The van der Waals surface area contributed by atoms with Crippen LogP contribution in [0.25, 0.3) is 0 Å². The van der Waals surface area contributed by atoms with Crippen LogP contribution in [0.3, 0.4) is 0 Å². The summed E-state index contributed by atoms with van der Waals surface area (Å²) in [4.78, 5) is 2.31. The average molecular weight is 236 g/mol. The largest absolute Gasteiger partial charge is 0.394 e. The van der Waals surface area contributed by atoms with Gasteiger partial charge in [0, 0.05) is 19.6 Å². The lowest BCUT2D eigenvalue weighted by atomic mass is 10.2. The molecule has 17 heavy (non-hydrogen) atoms. The highest BCUT2D eigenvalue weighted by atomic mass is 15.4. The molecule has 1 aliphatic carbocycles. The van der Waals surface area contributed by atoms with Crippen LogP contribution in [0.15, 0.2) is 0 Å². The minimum absolute atomic E-state index is 0.559. The fraction of sp³-hybridized carbons (Fsp3) is 0.769. The van der Waals surface area contributed by atoms with Crippen molar-refractivity contribution in [2.24, 2.45) is 5.92 Å². The van der Waals surface area contributed by atoms with Gasteiger partial charge in [0.05, 0.1) is 11.4 Å². The van der Waals surface area contributed by atoms with Gasteiger partial charge in [-0.1, -0.05) is 6.92 Å². The van der Waals surface area contributed by atoms with Gasteiger partial charge in [0.25, 0.3) is 0 Å². The third-order valence-electron chi connectivity index (χ3n) is 3.83. The first kappa shape index (κ1) is 12.3. The van der Waals surface area contributed by atoms with Crippen LogP contribution in [0.5, 0.6) is 0 Å². The lowest BCUT2D eigenvalue weighted by molar-refractivity contribution is 0.551. The van der Waals surface area contributed by atoms with E-state index in [9.17, 15) is 0 Å². The van der Waals surface area contributed by atoms with Crippen LogP contribution >= 0.6 is 0 Å². The fourth-order valence-corrected chi connectivity index (χ4v) is 2.41. The van der Waals surface area contributed by atoms with Crippen molar-refractivity contribution in [2.45, 2.75) is 52.6 Å². The van der Waals surface area contributed by atoms with E-state index in [2.05, 4.69) is 35.6 Å². The van der Waals surface area contributed by atoms with Crippen molar-refractivity contribution in [2.75, 3.05) is 17.7 Å². The molecule has 1 aromatic heterocycles. The van der Waals surface area contributed by atoms with Gasteiger partial charge in [-0.2, -0.15) is 5.10 Å². The summed E-state index contributed by atoms with van der Waals surface area (Å²) in [5.74, 6) is 1.94. The molecule has 1 atom stereocenters. The molecule has 0 amide bonds. The summed E-state index contributed by atoms with van der Waals surface area (Å²) in [6.45, 7) is 7.38. The van der Waals surface area contributed by atoms with Gasteiger partial charge in [-0.05, 0) is 39.0 Å². The normalized spacial score (nSPS) is 17.2. The highest BCUT2D eigenvalue weighted by molar-refractivity contribution is 5.66. The van der Waals surface area contributed by atoms with Crippen LogP contribution < -0.4 is 10.6 Å². The summed E-state index contributed by atoms with van der Waals surface area (Å²) in [6.07, 6.45) is 3.79. The summed E-state index contributed by atoms with van der Waals surface area (Å²) < 4.78 is 2.06. The Kier molecular flexibility index (Phi) is 3.31. The van der Waals surface area contributed by atoms with Crippen LogP contribution in [0, 0.1) is 12.8 Å². The molecular formula is C13H24N4. The third-order valence-corrected chi connectivity index (χ3v) is 3.83. The number of nitrogen functional groups attached to an aromatic ring is 1. The monoisotopic (exact) mass is 236 g/mol. The van der Waals surface area contributed by atoms with E-state index >= 15 is 0 Å². The molecule has 1 saturated carbocycles. The fourth-order valence-electron chi connectivity index (χ4n) is 2.41. The maximum Gasteiger partial charge on any atom is 0.150 e. The van der Waals surface area contributed by atoms with Gasteiger partial charge >= 0.3 is 0 Å². The Hall–Kier alpha value is -1.19. The smallest absolute Gasteiger partial charge is 0.150 e. The van der Waals surface area contributed by atoms with E-state index in [-0.39, 0.29) is 0 Å². The van der Waals surface area contributed by atoms with Crippen molar-refractivity contribution in [3.63, 3.8) is 0 Å². The summed E-state index contributed by atoms with van der Waals surface area (Å²) in [7, 11) is 2.14. The van der Waals surface area contributed by atoms with Crippen molar-refractivity contribution in [3.8, 4) is 0 Å². The van der Waals surface area contributed by atoms with Crippen LogP contribution in [0.2, 0.25) is 0 Å². The van der Waals surface area contributed by atoms with Crippen molar-refractivity contribution >= 4 is 11.5 Å². The molecule has 0 radical (unpaired) electrons. The molecule has 1 aliphatic rings. The molecule has 2 rings (SSSR count). The number of anilines is 2. The molecule has 4 heteroatoms. The predicted molar refractivity (Wildman–Crippen MR) is 72.3 cm³/mol. The van der Waals surface area contributed by atoms with Crippen molar-refractivity contribution in [1.29, 1.82) is 0 Å². The molecule has 0 saturated heterocycles. The first-order chi connectivity index (χ1) is 8.06. The van der Waals surface area contributed by atoms with E-state index in [1.54, 1.807) is 0 Å². The molecule has 96 valence electrons. The number of nitrogens with zero attached hydrogens (tertiary/aromatic N) is 3. The zero-order valence-corrected chi connectivity index (χ0v) is 11.4. The van der Waals surface area contributed by atoms with Gasteiger partial charge in [-0.15, -0.1) is 0 Å². The molecule has 0 aromatic carbocycles. The number of aromatic nitrogens is 2. The Balaban J connectivity index is 2.27. The number of nitrogens with two attached hydrogens (primary N) is 1. The number of hydrogen-bond acceptors (Lipinski definition) is 3. The molecule has 0 aliphatic heterocycles. The molecule has 0 bridgehead atoms. The minimum atomic E-state index is 0.559. The van der Waals surface area contributed by atoms with Gasteiger partial charge in [0.15, 0.2) is 5.82 Å². The Morgan fingerprint density at radius 1 is 1.53 bits per heavy atom. The summed E-state index contributed by atoms with van der Waals surface area (Å²) >= 11 is 0. The standard InChI is InChI=1S/C13H24N4/c1-5-8-17-13(12(14)9(2)15-17)16(4)10(3)11-6-7-11/h10-11H,5-8,14H2,1-4H3. The molecule has 1 fully saturated rings. The Labute approximate surface area is 104 Å². The lowest BCUT2D eigenvalue weighted by Gasteiger charge is -2.28. The lowest BCUT2D eigenvalue weighted by Crippen LogP contribution is -2.33. The quantitative estimate of drug-likeness (QED) is 0.854. The zero-order chi connectivity index (χ0) is 12.6. The van der Waals surface area contributed by atoms with Crippen LogP contribution in [0.4, 0.5) is 11.5 Å². The number of rotatable bonds is 5. The molecular weight excluding hydrogens is 212 g/mol. The highest BCUT2D eigenvalue weighted by Crippen LogP contribution is 2.38. The van der Waals surface area contributed by atoms with Gasteiger partial charge < -0.3 is 10.6 Å². The van der Waals surface area contributed by atoms with Crippen molar-refractivity contribution < 1.29 is 0 Å². The van der Waals surface area contributed by atoms with Crippen molar-refractivity contribution in [3.05, 3.63) is 5.69 Å². The van der Waals surface area contributed by atoms with E-state index in [0.717, 1.165) is 36.1 Å². The number of aryl methyl sites for hydroxylation is 2. The molecule has 4 nitrogen and oxygen atoms in total. The second kappa shape index (κ2) is 4.59. The summed E-state index contributed by atoms with van der Waals surface area (Å²) in [5.41, 5.74) is 7.96. The van der Waals surface area contributed by atoms with Crippen molar-refractivity contribution in [1.82, 2.24) is 9.78 Å². The van der Waals surface area contributed by atoms with Gasteiger partial charge in [0.2, 0.25) is 0 Å². The minimum Gasteiger partial charge on any atom is -0.394 e. The van der Waals surface area contributed by atoms with E-state index in [1.807, 2.05) is 6.92 Å². The van der Waals surface area contributed by atoms with Crippen LogP contribution in [0.1, 0.15) is 38.8 Å². The highest BCUT2D eigenvalue weighted by Gasteiger charge is 2.32. The van der Waals surface area contributed by atoms with E-state index in [4.69, 9.17) is 5.73 Å². The number of hydrogen-bond donors (Lipinski definition) is 1. The van der Waals surface area contributed by atoms with E-state index < -0.39 is 0 Å². The Bertz CT molecular complexity index is 392. The van der Waals surface area contributed by atoms with E-state index in [1.165, 1.54) is 12.8 Å². The average Bonchev–Trinajstić information content (AvgIpc) is 3.08. The SMILES string of the molecule is CCCn1nc(C)c(N)c1N(C)C(C)C1CC1. The first-order valence-corrected chi connectivity index (χ1v) is 6.62. The van der Waals surface area contributed by atoms with E-state index in [0.29, 0.717) is 6.04 Å². The zero-order valence-electron chi connectivity index (χ0n) is 11.4. The van der Waals surface area contributed by atoms with Gasteiger partial charge in [0.1, 0.15) is 0 Å². The van der Waals surface area contributed by atoms with Crippen LogP contribution in [-0.4, -0.2) is 22.9 Å². The molecule has 1 heterocycles. The third kappa shape index (κ3) is 2.26. The predicted octanol–water partition coefficient (Wildman–Crippen LogP) is 2.42.